The van der Waals surface area contributed by atoms with Crippen LogP contribution in [0.25, 0.3) is 0 Å². The molecule has 1 aliphatic carbocycles. The first-order valence-corrected chi connectivity index (χ1v) is 5.90. The Balaban J connectivity index is 1.83. The number of rotatable bonds is 4. The van der Waals surface area contributed by atoms with Crippen molar-refractivity contribution in [3.63, 3.8) is 0 Å². The first-order chi connectivity index (χ1) is 7.40. The first-order valence-electron chi connectivity index (χ1n) is 5.90. The number of nitrogens with one attached hydrogen (secondary N) is 1. The van der Waals surface area contributed by atoms with Gasteiger partial charge in [0.2, 0.25) is 0 Å². The topological polar surface area (TPSA) is 37.8 Å². The van der Waals surface area contributed by atoms with Gasteiger partial charge in [0.1, 0.15) is 0 Å². The van der Waals surface area contributed by atoms with Crippen molar-refractivity contribution in [3.8, 4) is 0 Å². The van der Waals surface area contributed by atoms with E-state index in [4.69, 9.17) is 0 Å². The molecule has 0 amide bonds. The third kappa shape index (κ3) is 2.75. The third-order valence-electron chi connectivity index (χ3n) is 3.36. The molecule has 1 aromatic heterocycles. The highest BCUT2D eigenvalue weighted by molar-refractivity contribution is 4.99. The summed E-state index contributed by atoms with van der Waals surface area (Å²) in [5.74, 6) is 0.863. The van der Waals surface area contributed by atoms with E-state index in [1.165, 1.54) is 25.7 Å². The van der Waals surface area contributed by atoms with Crippen LogP contribution in [0.15, 0.2) is 18.3 Å². The molecular weight excluding hydrogens is 186 g/mol. The summed E-state index contributed by atoms with van der Waals surface area (Å²) in [6.07, 6.45) is 7.08. The van der Waals surface area contributed by atoms with Crippen molar-refractivity contribution >= 4 is 0 Å². The largest absolute Gasteiger partial charge is 0.308 e. The zero-order chi connectivity index (χ0) is 10.5. The standard InChI is InChI=1S/C12H19N3/c1-2-10-5-3-7-12(10)13-9-11-6-4-8-14-15-11/h4,6,8,10,12-13H,2-3,5,7,9H2,1H3. The van der Waals surface area contributed by atoms with Gasteiger partial charge in [-0.1, -0.05) is 19.8 Å². The van der Waals surface area contributed by atoms with Crippen molar-refractivity contribution in [2.45, 2.75) is 45.2 Å². The van der Waals surface area contributed by atoms with Crippen LogP contribution in [-0.2, 0) is 6.54 Å². The van der Waals surface area contributed by atoms with Crippen LogP contribution in [0.2, 0.25) is 0 Å². The molecule has 0 bridgehead atoms. The fraction of sp³-hybridized carbons (Fsp3) is 0.667. The molecule has 15 heavy (non-hydrogen) atoms. The van der Waals surface area contributed by atoms with E-state index in [1.54, 1.807) is 6.20 Å². The Hall–Kier alpha value is -0.960. The Morgan fingerprint density at radius 1 is 1.47 bits per heavy atom. The summed E-state index contributed by atoms with van der Waals surface area (Å²) in [6.45, 7) is 3.14. The predicted octanol–water partition coefficient (Wildman–Crippen LogP) is 2.14. The van der Waals surface area contributed by atoms with Gasteiger partial charge in [-0.2, -0.15) is 10.2 Å². The normalized spacial score (nSPS) is 25.7. The minimum Gasteiger partial charge on any atom is -0.308 e. The summed E-state index contributed by atoms with van der Waals surface area (Å²) in [5, 5.41) is 11.6. The predicted molar refractivity (Wildman–Crippen MR) is 60.3 cm³/mol. The van der Waals surface area contributed by atoms with E-state index in [1.807, 2.05) is 12.1 Å². The molecule has 0 spiro atoms. The lowest BCUT2D eigenvalue weighted by atomic mass is 10.0. The van der Waals surface area contributed by atoms with Gasteiger partial charge in [-0.25, -0.2) is 0 Å². The fourth-order valence-corrected chi connectivity index (χ4v) is 2.46. The quantitative estimate of drug-likeness (QED) is 0.818. The Labute approximate surface area is 91.3 Å². The second kappa shape index (κ2) is 5.21. The number of hydrogen-bond donors (Lipinski definition) is 1. The Morgan fingerprint density at radius 2 is 2.40 bits per heavy atom. The Bertz CT molecular complexity index is 286. The average molecular weight is 205 g/mol. The second-order valence-corrected chi connectivity index (χ2v) is 4.30. The van der Waals surface area contributed by atoms with E-state index in [0.717, 1.165) is 18.2 Å². The molecule has 1 heterocycles. The summed E-state index contributed by atoms with van der Waals surface area (Å²) in [5.41, 5.74) is 1.04. The maximum absolute atomic E-state index is 4.08. The highest BCUT2D eigenvalue weighted by atomic mass is 15.1. The van der Waals surface area contributed by atoms with Gasteiger partial charge >= 0.3 is 0 Å². The van der Waals surface area contributed by atoms with E-state index < -0.39 is 0 Å². The molecule has 0 aromatic carbocycles. The molecule has 2 rings (SSSR count). The van der Waals surface area contributed by atoms with Crippen molar-refractivity contribution in [2.75, 3.05) is 0 Å². The highest BCUT2D eigenvalue weighted by Crippen LogP contribution is 2.28. The van der Waals surface area contributed by atoms with Gasteiger partial charge in [-0.05, 0) is 30.9 Å². The van der Waals surface area contributed by atoms with Crippen LogP contribution in [0.3, 0.4) is 0 Å². The minimum atomic E-state index is 0.692. The minimum absolute atomic E-state index is 0.692. The van der Waals surface area contributed by atoms with Crippen LogP contribution in [0.1, 0.15) is 38.3 Å². The highest BCUT2D eigenvalue weighted by Gasteiger charge is 2.24. The summed E-state index contributed by atoms with van der Waals surface area (Å²) < 4.78 is 0. The SMILES string of the molecule is CCC1CCCC1NCc1cccnn1. The lowest BCUT2D eigenvalue weighted by molar-refractivity contribution is 0.387. The van der Waals surface area contributed by atoms with Crippen LogP contribution in [0, 0.1) is 5.92 Å². The van der Waals surface area contributed by atoms with Crippen molar-refractivity contribution in [2.24, 2.45) is 5.92 Å². The summed E-state index contributed by atoms with van der Waals surface area (Å²) in [7, 11) is 0. The molecule has 2 atom stereocenters. The molecular formula is C12H19N3. The summed E-state index contributed by atoms with van der Waals surface area (Å²) in [4.78, 5) is 0. The van der Waals surface area contributed by atoms with Crippen LogP contribution in [0.5, 0.6) is 0 Å². The van der Waals surface area contributed by atoms with Gasteiger partial charge in [-0.15, -0.1) is 0 Å². The van der Waals surface area contributed by atoms with E-state index in [-0.39, 0.29) is 0 Å². The second-order valence-electron chi connectivity index (χ2n) is 4.30. The van der Waals surface area contributed by atoms with Crippen LogP contribution in [0.4, 0.5) is 0 Å². The molecule has 2 unspecified atom stereocenters. The Kier molecular flexibility index (Phi) is 3.67. The molecule has 1 aromatic rings. The van der Waals surface area contributed by atoms with Crippen molar-refractivity contribution in [1.29, 1.82) is 0 Å². The van der Waals surface area contributed by atoms with E-state index >= 15 is 0 Å². The monoisotopic (exact) mass is 205 g/mol. The van der Waals surface area contributed by atoms with Crippen LogP contribution >= 0.6 is 0 Å². The van der Waals surface area contributed by atoms with Crippen molar-refractivity contribution in [3.05, 3.63) is 24.0 Å². The van der Waals surface area contributed by atoms with E-state index in [2.05, 4.69) is 22.4 Å². The lowest BCUT2D eigenvalue weighted by Crippen LogP contribution is -2.31. The van der Waals surface area contributed by atoms with Crippen molar-refractivity contribution in [1.82, 2.24) is 15.5 Å². The molecule has 0 saturated heterocycles. The molecule has 1 fully saturated rings. The maximum atomic E-state index is 4.08. The average Bonchev–Trinajstić information content (AvgIpc) is 2.75. The van der Waals surface area contributed by atoms with Crippen LogP contribution in [-0.4, -0.2) is 16.2 Å². The smallest absolute Gasteiger partial charge is 0.0769 e. The molecule has 3 heteroatoms. The van der Waals surface area contributed by atoms with Gasteiger partial charge < -0.3 is 5.32 Å². The van der Waals surface area contributed by atoms with Gasteiger partial charge in [0.15, 0.2) is 0 Å². The van der Waals surface area contributed by atoms with Gasteiger partial charge in [-0.3, -0.25) is 0 Å². The number of nitrogens with zero attached hydrogens (tertiary/aromatic N) is 2. The van der Waals surface area contributed by atoms with Crippen LogP contribution < -0.4 is 5.32 Å². The van der Waals surface area contributed by atoms with Gasteiger partial charge in [0, 0.05) is 18.8 Å². The molecule has 82 valence electrons. The molecule has 1 N–H and O–H groups in total. The molecule has 0 radical (unpaired) electrons. The molecule has 1 aliphatic rings. The number of hydrogen-bond acceptors (Lipinski definition) is 3. The molecule has 1 saturated carbocycles. The van der Waals surface area contributed by atoms with E-state index in [9.17, 15) is 0 Å². The van der Waals surface area contributed by atoms with Crippen molar-refractivity contribution < 1.29 is 0 Å². The van der Waals surface area contributed by atoms with Gasteiger partial charge in [0.05, 0.1) is 5.69 Å². The lowest BCUT2D eigenvalue weighted by Gasteiger charge is -2.19. The zero-order valence-corrected chi connectivity index (χ0v) is 9.32. The van der Waals surface area contributed by atoms with Gasteiger partial charge in [0.25, 0.3) is 0 Å². The fourth-order valence-electron chi connectivity index (χ4n) is 2.46. The third-order valence-corrected chi connectivity index (χ3v) is 3.36. The Morgan fingerprint density at radius 3 is 3.13 bits per heavy atom. The summed E-state index contributed by atoms with van der Waals surface area (Å²) >= 11 is 0. The van der Waals surface area contributed by atoms with E-state index in [0.29, 0.717) is 6.04 Å². The molecule has 0 aliphatic heterocycles. The maximum Gasteiger partial charge on any atom is 0.0769 e. The zero-order valence-electron chi connectivity index (χ0n) is 9.32. The first kappa shape index (κ1) is 10.6. The number of aromatic nitrogens is 2. The summed E-state index contributed by atoms with van der Waals surface area (Å²) in [6, 6.07) is 4.66. The molecule has 3 nitrogen and oxygen atoms in total.